The van der Waals surface area contributed by atoms with Gasteiger partial charge in [0.25, 0.3) is 0 Å². The molecule has 4 nitrogen and oxygen atoms in total. The van der Waals surface area contributed by atoms with Gasteiger partial charge in [-0.2, -0.15) is 0 Å². The van der Waals surface area contributed by atoms with Crippen LogP contribution in [-0.2, 0) is 0 Å². The first-order valence-electron chi connectivity index (χ1n) is 6.26. The molecule has 0 aromatic carbocycles. The third-order valence-corrected chi connectivity index (χ3v) is 3.15. The van der Waals surface area contributed by atoms with Crippen LogP contribution in [0.25, 0.3) is 11.3 Å². The lowest BCUT2D eigenvalue weighted by atomic mass is 10.2. The lowest BCUT2D eigenvalue weighted by Gasteiger charge is -2.07. The minimum absolute atomic E-state index is 0.551. The van der Waals surface area contributed by atoms with Crippen LogP contribution in [0.3, 0.4) is 0 Å². The van der Waals surface area contributed by atoms with Crippen LogP contribution < -0.4 is 5.32 Å². The summed E-state index contributed by atoms with van der Waals surface area (Å²) in [5, 5.41) is 3.10. The van der Waals surface area contributed by atoms with Crippen molar-refractivity contribution < 1.29 is 0 Å². The average molecular weight is 240 g/mol. The molecule has 2 aromatic heterocycles. The zero-order chi connectivity index (χ0) is 12.5. The Morgan fingerprint density at radius 3 is 2.67 bits per heavy atom. The van der Waals surface area contributed by atoms with Gasteiger partial charge in [-0.25, -0.2) is 9.97 Å². The molecule has 92 valence electrons. The highest BCUT2D eigenvalue weighted by molar-refractivity contribution is 5.61. The van der Waals surface area contributed by atoms with E-state index in [2.05, 4.69) is 26.3 Å². The van der Waals surface area contributed by atoms with E-state index in [9.17, 15) is 0 Å². The summed E-state index contributed by atoms with van der Waals surface area (Å²) in [6.07, 6.45) is 4.28. The van der Waals surface area contributed by atoms with Gasteiger partial charge in [0.2, 0.25) is 0 Å². The second-order valence-corrected chi connectivity index (χ2v) is 4.71. The molecule has 0 radical (unpaired) electrons. The molecule has 1 saturated carbocycles. The van der Waals surface area contributed by atoms with E-state index in [0.29, 0.717) is 5.92 Å². The number of anilines is 1. The van der Waals surface area contributed by atoms with Crippen molar-refractivity contribution in [3.63, 3.8) is 0 Å². The quantitative estimate of drug-likeness (QED) is 0.896. The predicted octanol–water partition coefficient (Wildman–Crippen LogP) is 2.77. The molecular formula is C14H16N4. The number of nitrogens with zero attached hydrogens (tertiary/aromatic N) is 3. The third-order valence-electron chi connectivity index (χ3n) is 3.15. The molecular weight excluding hydrogens is 224 g/mol. The maximum absolute atomic E-state index is 4.65. The molecule has 1 fully saturated rings. The summed E-state index contributed by atoms with van der Waals surface area (Å²) in [5.41, 5.74) is 3.01. The minimum atomic E-state index is 0.551. The predicted molar refractivity (Wildman–Crippen MR) is 71.5 cm³/mol. The highest BCUT2D eigenvalue weighted by Crippen LogP contribution is 2.39. The van der Waals surface area contributed by atoms with Crippen LogP contribution in [0.4, 0.5) is 5.82 Å². The van der Waals surface area contributed by atoms with Gasteiger partial charge in [0, 0.05) is 36.5 Å². The summed E-state index contributed by atoms with van der Waals surface area (Å²) in [4.78, 5) is 13.5. The first kappa shape index (κ1) is 11.1. The zero-order valence-electron chi connectivity index (χ0n) is 10.6. The average Bonchev–Trinajstić information content (AvgIpc) is 3.23. The second kappa shape index (κ2) is 4.37. The molecule has 2 aromatic rings. The summed E-state index contributed by atoms with van der Waals surface area (Å²) < 4.78 is 0. The summed E-state index contributed by atoms with van der Waals surface area (Å²) in [7, 11) is 1.89. The SMILES string of the molecule is CNc1cc(-c2ccc(C)nc2)nc(C2CC2)n1. The third kappa shape index (κ3) is 2.18. The van der Waals surface area contributed by atoms with Crippen LogP contribution in [0.1, 0.15) is 30.3 Å². The van der Waals surface area contributed by atoms with Gasteiger partial charge in [-0.15, -0.1) is 0 Å². The van der Waals surface area contributed by atoms with E-state index in [4.69, 9.17) is 0 Å². The van der Waals surface area contributed by atoms with Crippen molar-refractivity contribution in [3.05, 3.63) is 35.9 Å². The van der Waals surface area contributed by atoms with Crippen LogP contribution in [0, 0.1) is 6.92 Å². The zero-order valence-corrected chi connectivity index (χ0v) is 10.6. The van der Waals surface area contributed by atoms with E-state index in [1.165, 1.54) is 12.8 Å². The fourth-order valence-corrected chi connectivity index (χ4v) is 1.89. The van der Waals surface area contributed by atoms with Crippen LogP contribution in [-0.4, -0.2) is 22.0 Å². The molecule has 3 rings (SSSR count). The van der Waals surface area contributed by atoms with E-state index < -0.39 is 0 Å². The molecule has 1 aliphatic carbocycles. The maximum Gasteiger partial charge on any atom is 0.134 e. The van der Waals surface area contributed by atoms with Crippen LogP contribution in [0.5, 0.6) is 0 Å². The number of rotatable bonds is 3. The molecule has 4 heteroatoms. The largest absolute Gasteiger partial charge is 0.373 e. The molecule has 0 spiro atoms. The van der Waals surface area contributed by atoms with E-state index in [0.717, 1.165) is 28.6 Å². The molecule has 0 unspecified atom stereocenters. The van der Waals surface area contributed by atoms with Crippen molar-refractivity contribution in [2.45, 2.75) is 25.7 Å². The number of pyridine rings is 1. The number of aryl methyl sites for hydroxylation is 1. The van der Waals surface area contributed by atoms with Gasteiger partial charge in [-0.05, 0) is 31.9 Å². The smallest absolute Gasteiger partial charge is 0.134 e. The first-order valence-corrected chi connectivity index (χ1v) is 6.26. The van der Waals surface area contributed by atoms with E-state index in [-0.39, 0.29) is 0 Å². The molecule has 1 N–H and O–H groups in total. The Bertz CT molecular complexity index is 559. The normalized spacial score (nSPS) is 14.6. The van der Waals surface area contributed by atoms with E-state index in [1.54, 1.807) is 0 Å². The lowest BCUT2D eigenvalue weighted by Crippen LogP contribution is -2.00. The van der Waals surface area contributed by atoms with Crippen molar-refractivity contribution in [3.8, 4) is 11.3 Å². The van der Waals surface area contributed by atoms with Crippen LogP contribution in [0.2, 0.25) is 0 Å². The van der Waals surface area contributed by atoms with Crippen LogP contribution in [0.15, 0.2) is 24.4 Å². The summed E-state index contributed by atoms with van der Waals surface area (Å²) in [6.45, 7) is 1.98. The van der Waals surface area contributed by atoms with Gasteiger partial charge < -0.3 is 5.32 Å². The van der Waals surface area contributed by atoms with Crippen molar-refractivity contribution in [1.29, 1.82) is 0 Å². The monoisotopic (exact) mass is 240 g/mol. The molecule has 0 atom stereocenters. The Kier molecular flexibility index (Phi) is 2.70. The molecule has 18 heavy (non-hydrogen) atoms. The summed E-state index contributed by atoms with van der Waals surface area (Å²) >= 11 is 0. The van der Waals surface area contributed by atoms with Gasteiger partial charge >= 0.3 is 0 Å². The Balaban J connectivity index is 2.04. The van der Waals surface area contributed by atoms with Crippen molar-refractivity contribution in [2.75, 3.05) is 12.4 Å². The Hall–Kier alpha value is -1.97. The topological polar surface area (TPSA) is 50.7 Å². The number of hydrogen-bond acceptors (Lipinski definition) is 4. The molecule has 0 bridgehead atoms. The summed E-state index contributed by atoms with van der Waals surface area (Å²) in [6, 6.07) is 6.03. The van der Waals surface area contributed by atoms with E-state index >= 15 is 0 Å². The second-order valence-electron chi connectivity index (χ2n) is 4.71. The molecule has 0 aliphatic heterocycles. The van der Waals surface area contributed by atoms with Gasteiger partial charge in [-0.3, -0.25) is 4.98 Å². The Labute approximate surface area is 107 Å². The lowest BCUT2D eigenvalue weighted by molar-refractivity contribution is 0.932. The Morgan fingerprint density at radius 2 is 2.06 bits per heavy atom. The molecule has 2 heterocycles. The van der Waals surface area contributed by atoms with Gasteiger partial charge in [0.05, 0.1) is 5.69 Å². The molecule has 1 aliphatic rings. The van der Waals surface area contributed by atoms with Gasteiger partial charge in [0.15, 0.2) is 0 Å². The fourth-order valence-electron chi connectivity index (χ4n) is 1.89. The van der Waals surface area contributed by atoms with Crippen molar-refractivity contribution in [1.82, 2.24) is 15.0 Å². The Morgan fingerprint density at radius 1 is 1.22 bits per heavy atom. The maximum atomic E-state index is 4.65. The van der Waals surface area contributed by atoms with Crippen molar-refractivity contribution >= 4 is 5.82 Å². The van der Waals surface area contributed by atoms with Gasteiger partial charge in [-0.1, -0.05) is 0 Å². The molecule has 0 saturated heterocycles. The number of nitrogens with one attached hydrogen (secondary N) is 1. The molecule has 0 amide bonds. The minimum Gasteiger partial charge on any atom is -0.373 e. The summed E-state index contributed by atoms with van der Waals surface area (Å²) in [5.74, 6) is 2.38. The highest BCUT2D eigenvalue weighted by Gasteiger charge is 2.27. The van der Waals surface area contributed by atoms with Gasteiger partial charge in [0.1, 0.15) is 11.6 Å². The highest BCUT2D eigenvalue weighted by atomic mass is 15.0. The fraction of sp³-hybridized carbons (Fsp3) is 0.357. The van der Waals surface area contributed by atoms with Crippen LogP contribution >= 0.6 is 0 Å². The van der Waals surface area contributed by atoms with E-state index in [1.807, 2.05) is 32.3 Å². The number of hydrogen-bond donors (Lipinski definition) is 1. The number of aromatic nitrogens is 3. The van der Waals surface area contributed by atoms with Crippen molar-refractivity contribution in [2.24, 2.45) is 0 Å². The first-order chi connectivity index (χ1) is 8.76. The standard InChI is InChI=1S/C14H16N4/c1-9-3-4-11(8-16-9)12-7-13(15-2)18-14(17-12)10-5-6-10/h3-4,7-8,10H,5-6H2,1-2H3,(H,15,17,18).